The van der Waals surface area contributed by atoms with Crippen molar-refractivity contribution in [1.82, 2.24) is 4.90 Å². The summed E-state index contributed by atoms with van der Waals surface area (Å²) in [4.78, 5) is 11.7. The minimum Gasteiger partial charge on any atom is -0.373 e. The molecule has 1 saturated heterocycles. The fraction of sp³-hybridized carbons (Fsp3) is 0.800. The number of likely N-dealkylation sites (tertiary alicyclic amines) is 1. The van der Waals surface area contributed by atoms with Gasteiger partial charge in [0.1, 0.15) is 6.23 Å². The summed E-state index contributed by atoms with van der Waals surface area (Å²) in [5, 5.41) is 8.98. The molecular formula is C5H12N2O6S. The number of rotatable bonds is 0. The lowest BCUT2D eigenvalue weighted by Gasteiger charge is -2.16. The molecule has 0 radical (unpaired) electrons. The highest BCUT2D eigenvalue weighted by Crippen LogP contribution is 2.12. The standard InChI is InChI=1S/C5H10N2O2.H2O4S/c6-5(9)7-3-1-2-4(7)8;1-5(2,3)4/h4,8H,1-3H2,(H2,6,9);(H2,1,2,3,4). The minimum atomic E-state index is -4.67. The second-order valence-electron chi connectivity index (χ2n) is 2.60. The molecule has 1 aliphatic rings. The number of nitrogens with zero attached hydrogens (tertiary/aromatic N) is 1. The monoisotopic (exact) mass is 228 g/mol. The van der Waals surface area contributed by atoms with Crippen molar-refractivity contribution in [2.45, 2.75) is 19.1 Å². The third-order valence-electron chi connectivity index (χ3n) is 1.50. The topological polar surface area (TPSA) is 141 Å². The van der Waals surface area contributed by atoms with Gasteiger partial charge in [0.25, 0.3) is 0 Å². The van der Waals surface area contributed by atoms with Gasteiger partial charge >= 0.3 is 16.4 Å². The van der Waals surface area contributed by atoms with Gasteiger partial charge in [-0.3, -0.25) is 14.0 Å². The molecule has 0 aliphatic carbocycles. The Balaban J connectivity index is 0.000000292. The van der Waals surface area contributed by atoms with E-state index in [1.165, 1.54) is 4.90 Å². The molecule has 1 rings (SSSR count). The van der Waals surface area contributed by atoms with Gasteiger partial charge in [-0.15, -0.1) is 0 Å². The quantitative estimate of drug-likeness (QED) is 0.385. The summed E-state index contributed by atoms with van der Waals surface area (Å²) in [5.74, 6) is 0. The van der Waals surface area contributed by atoms with E-state index >= 15 is 0 Å². The van der Waals surface area contributed by atoms with Gasteiger partial charge in [-0.1, -0.05) is 0 Å². The van der Waals surface area contributed by atoms with E-state index in [1.807, 2.05) is 0 Å². The Kier molecular flexibility index (Phi) is 4.77. The Hall–Kier alpha value is -0.900. The predicted octanol–water partition coefficient (Wildman–Crippen LogP) is -1.17. The van der Waals surface area contributed by atoms with Crippen LogP contribution in [0.5, 0.6) is 0 Å². The number of nitrogens with two attached hydrogens (primary N) is 1. The molecule has 0 saturated carbocycles. The van der Waals surface area contributed by atoms with Crippen LogP contribution in [0.3, 0.4) is 0 Å². The number of carbonyl (C=O) groups is 1. The molecule has 1 fully saturated rings. The van der Waals surface area contributed by atoms with E-state index in [-0.39, 0.29) is 0 Å². The maximum atomic E-state index is 10.4. The number of hydrogen-bond acceptors (Lipinski definition) is 4. The van der Waals surface area contributed by atoms with E-state index in [0.717, 1.165) is 6.42 Å². The molecule has 2 amide bonds. The SMILES string of the molecule is NC(=O)N1CCCC1O.O=S(=O)(O)O. The van der Waals surface area contributed by atoms with E-state index in [9.17, 15) is 4.79 Å². The summed E-state index contributed by atoms with van der Waals surface area (Å²) in [6.07, 6.45) is 0.870. The maximum absolute atomic E-state index is 10.4. The first kappa shape index (κ1) is 13.1. The average Bonchev–Trinajstić information content (AvgIpc) is 2.30. The Bertz CT molecular complexity index is 281. The van der Waals surface area contributed by atoms with Gasteiger partial charge in [-0.25, -0.2) is 4.79 Å². The number of amides is 2. The molecular weight excluding hydrogens is 216 g/mol. The van der Waals surface area contributed by atoms with E-state index in [2.05, 4.69) is 0 Å². The molecule has 1 heterocycles. The van der Waals surface area contributed by atoms with E-state index < -0.39 is 22.7 Å². The van der Waals surface area contributed by atoms with Gasteiger partial charge in [0.2, 0.25) is 0 Å². The van der Waals surface area contributed by atoms with Crippen LogP contribution in [0.2, 0.25) is 0 Å². The van der Waals surface area contributed by atoms with Gasteiger partial charge in [-0.05, 0) is 12.8 Å². The molecule has 5 N–H and O–H groups in total. The molecule has 0 spiro atoms. The average molecular weight is 228 g/mol. The van der Waals surface area contributed by atoms with Crippen molar-refractivity contribution in [3.05, 3.63) is 0 Å². The van der Waals surface area contributed by atoms with Gasteiger partial charge in [-0.2, -0.15) is 8.42 Å². The second kappa shape index (κ2) is 5.10. The lowest BCUT2D eigenvalue weighted by atomic mass is 10.4. The van der Waals surface area contributed by atoms with Gasteiger partial charge in [0.15, 0.2) is 0 Å². The highest BCUT2D eigenvalue weighted by Gasteiger charge is 2.24. The highest BCUT2D eigenvalue weighted by molar-refractivity contribution is 7.79. The molecule has 9 heteroatoms. The van der Waals surface area contributed by atoms with Crippen LogP contribution in [-0.2, 0) is 10.4 Å². The Labute approximate surface area is 80.9 Å². The van der Waals surface area contributed by atoms with Crippen molar-refractivity contribution in [1.29, 1.82) is 0 Å². The number of primary amides is 1. The smallest absolute Gasteiger partial charge is 0.373 e. The molecule has 0 bridgehead atoms. The number of carbonyl (C=O) groups excluding carboxylic acids is 1. The first-order chi connectivity index (χ1) is 6.22. The van der Waals surface area contributed by atoms with Gasteiger partial charge in [0, 0.05) is 6.54 Å². The Morgan fingerprint density at radius 1 is 1.43 bits per heavy atom. The fourth-order valence-electron chi connectivity index (χ4n) is 1.01. The van der Waals surface area contributed by atoms with E-state index in [1.54, 1.807) is 0 Å². The number of aliphatic hydroxyl groups is 1. The summed E-state index contributed by atoms with van der Waals surface area (Å²) in [6, 6.07) is -0.528. The molecule has 84 valence electrons. The Morgan fingerprint density at radius 3 is 2.00 bits per heavy atom. The van der Waals surface area contributed by atoms with Crippen molar-refractivity contribution in [3.8, 4) is 0 Å². The molecule has 1 aliphatic heterocycles. The zero-order chi connectivity index (χ0) is 11.4. The summed E-state index contributed by atoms with van der Waals surface area (Å²) in [5.41, 5.74) is 4.92. The third kappa shape index (κ3) is 6.60. The van der Waals surface area contributed by atoms with E-state index in [0.29, 0.717) is 13.0 Å². The van der Waals surface area contributed by atoms with Crippen molar-refractivity contribution in [2.24, 2.45) is 5.73 Å². The van der Waals surface area contributed by atoms with Crippen LogP contribution in [0.25, 0.3) is 0 Å². The van der Waals surface area contributed by atoms with E-state index in [4.69, 9.17) is 28.4 Å². The zero-order valence-corrected chi connectivity index (χ0v) is 8.01. The molecule has 1 atom stereocenters. The minimum absolute atomic E-state index is 0.528. The predicted molar refractivity (Wildman–Crippen MR) is 45.7 cm³/mol. The van der Waals surface area contributed by atoms with Crippen LogP contribution in [-0.4, -0.2) is 46.3 Å². The largest absolute Gasteiger partial charge is 0.394 e. The molecule has 0 aromatic carbocycles. The van der Waals surface area contributed by atoms with Crippen LogP contribution in [0.4, 0.5) is 4.79 Å². The first-order valence-electron chi connectivity index (χ1n) is 3.66. The Morgan fingerprint density at radius 2 is 1.86 bits per heavy atom. The summed E-state index contributed by atoms with van der Waals surface area (Å²) >= 11 is 0. The summed E-state index contributed by atoms with van der Waals surface area (Å²) in [7, 11) is -4.67. The maximum Gasteiger partial charge on any atom is 0.394 e. The van der Waals surface area contributed by atoms with Crippen LogP contribution >= 0.6 is 0 Å². The highest BCUT2D eigenvalue weighted by atomic mass is 32.3. The van der Waals surface area contributed by atoms with Crippen LogP contribution in [0.15, 0.2) is 0 Å². The van der Waals surface area contributed by atoms with Gasteiger partial charge in [0.05, 0.1) is 0 Å². The normalized spacial score (nSPS) is 21.4. The molecule has 8 nitrogen and oxygen atoms in total. The third-order valence-corrected chi connectivity index (χ3v) is 1.50. The lowest BCUT2D eigenvalue weighted by Crippen LogP contribution is -2.39. The molecule has 0 aromatic rings. The fourth-order valence-corrected chi connectivity index (χ4v) is 1.01. The van der Waals surface area contributed by atoms with Crippen molar-refractivity contribution in [2.75, 3.05) is 6.54 Å². The number of urea groups is 1. The molecule has 0 aromatic heterocycles. The second-order valence-corrected chi connectivity index (χ2v) is 3.50. The first-order valence-corrected chi connectivity index (χ1v) is 5.05. The number of hydrogen-bond donors (Lipinski definition) is 4. The lowest BCUT2D eigenvalue weighted by molar-refractivity contribution is 0.0650. The van der Waals surface area contributed by atoms with Crippen LogP contribution < -0.4 is 5.73 Å². The van der Waals surface area contributed by atoms with Gasteiger partial charge < -0.3 is 10.8 Å². The summed E-state index contributed by atoms with van der Waals surface area (Å²) < 4.78 is 31.6. The van der Waals surface area contributed by atoms with Crippen LogP contribution in [0.1, 0.15) is 12.8 Å². The van der Waals surface area contributed by atoms with Crippen molar-refractivity contribution in [3.63, 3.8) is 0 Å². The summed E-state index contributed by atoms with van der Waals surface area (Å²) in [6.45, 7) is 0.594. The zero-order valence-electron chi connectivity index (χ0n) is 7.20. The van der Waals surface area contributed by atoms with Crippen LogP contribution in [0, 0.1) is 0 Å². The van der Waals surface area contributed by atoms with Crippen molar-refractivity contribution < 1.29 is 27.4 Å². The van der Waals surface area contributed by atoms with Crippen molar-refractivity contribution >= 4 is 16.4 Å². The molecule has 14 heavy (non-hydrogen) atoms. The molecule has 1 unspecified atom stereocenters. The number of aliphatic hydroxyl groups excluding tert-OH is 1.